The number of aromatic amines is 1. The fourth-order valence-electron chi connectivity index (χ4n) is 2.53. The minimum absolute atomic E-state index is 0.194. The molecule has 0 amide bonds. The van der Waals surface area contributed by atoms with Gasteiger partial charge in [0.2, 0.25) is 0 Å². The summed E-state index contributed by atoms with van der Waals surface area (Å²) in [5, 5.41) is 0. The highest BCUT2D eigenvalue weighted by Crippen LogP contribution is 2.15. The normalized spacial score (nSPS) is 11.3. The van der Waals surface area contributed by atoms with Gasteiger partial charge >= 0.3 is 5.97 Å². The Bertz CT molecular complexity index is 621. The highest BCUT2D eigenvalue weighted by Gasteiger charge is 2.06. The average molecular weight is 303 g/mol. The van der Waals surface area contributed by atoms with Crippen molar-refractivity contribution in [1.29, 1.82) is 0 Å². The molecule has 22 heavy (non-hydrogen) atoms. The molecule has 0 saturated carbocycles. The largest absolute Gasteiger partial charge is 0.458 e. The number of nitrogens with zero attached hydrogens (tertiary/aromatic N) is 2. The van der Waals surface area contributed by atoms with Gasteiger partial charge in [-0.2, -0.15) is 0 Å². The van der Waals surface area contributed by atoms with E-state index in [9.17, 15) is 4.79 Å². The van der Waals surface area contributed by atoms with Gasteiger partial charge < -0.3 is 14.6 Å². The van der Waals surface area contributed by atoms with E-state index in [1.54, 1.807) is 0 Å². The summed E-state index contributed by atoms with van der Waals surface area (Å²) in [6, 6.07) is 6.28. The fraction of sp³-hybridized carbons (Fsp3) is 0.529. The lowest BCUT2D eigenvalue weighted by Gasteiger charge is -2.19. The number of nitrogens with one attached hydrogen (secondary N) is 1. The van der Waals surface area contributed by atoms with Gasteiger partial charge in [0.05, 0.1) is 11.0 Å². The molecule has 0 bridgehead atoms. The van der Waals surface area contributed by atoms with Crippen molar-refractivity contribution in [3.8, 4) is 0 Å². The van der Waals surface area contributed by atoms with E-state index < -0.39 is 0 Å². The fourth-order valence-corrected chi connectivity index (χ4v) is 2.53. The second kappa shape index (κ2) is 7.94. The second-order valence-electron chi connectivity index (χ2n) is 5.50. The van der Waals surface area contributed by atoms with Gasteiger partial charge in [0, 0.05) is 13.5 Å². The van der Waals surface area contributed by atoms with Crippen molar-refractivity contribution in [2.45, 2.75) is 40.2 Å². The summed E-state index contributed by atoms with van der Waals surface area (Å²) in [5.74, 6) is 0.389. The van der Waals surface area contributed by atoms with Gasteiger partial charge in [0.25, 0.3) is 0 Å². The van der Waals surface area contributed by atoms with E-state index in [1.165, 1.54) is 18.9 Å². The van der Waals surface area contributed by atoms with Crippen LogP contribution in [-0.2, 0) is 22.6 Å². The Kier molecular flexibility index (Phi) is 5.95. The Balaban J connectivity index is 2.01. The number of fused-ring (bicyclic) bond motifs is 1. The Labute approximate surface area is 131 Å². The molecule has 1 aromatic heterocycles. The number of hydrogen-bond acceptors (Lipinski definition) is 4. The number of carbonyl (C=O) groups excluding carboxylic acids is 1. The maximum atomic E-state index is 10.8. The van der Waals surface area contributed by atoms with Crippen LogP contribution in [0, 0.1) is 0 Å². The average Bonchev–Trinajstić information content (AvgIpc) is 2.91. The van der Waals surface area contributed by atoms with Crippen LogP contribution in [0.4, 0.5) is 0 Å². The van der Waals surface area contributed by atoms with Crippen molar-refractivity contribution in [2.24, 2.45) is 0 Å². The van der Waals surface area contributed by atoms with Crippen LogP contribution in [0.25, 0.3) is 11.0 Å². The number of aromatic nitrogens is 2. The molecule has 1 heterocycles. The lowest BCUT2D eigenvalue weighted by molar-refractivity contribution is -0.142. The molecular formula is C17H25N3O2. The standard InChI is InChI=1S/C17H25N3O2/c1-4-9-20(5-2)10-8-14-6-7-15-16(11-14)19-17(18-15)12-22-13(3)21/h6-7,11H,4-5,8-10,12H2,1-3H3,(H,18,19). The molecule has 0 spiro atoms. The van der Waals surface area contributed by atoms with Crippen molar-refractivity contribution >= 4 is 17.0 Å². The monoisotopic (exact) mass is 303 g/mol. The first kappa shape index (κ1) is 16.5. The molecule has 0 unspecified atom stereocenters. The zero-order valence-corrected chi connectivity index (χ0v) is 13.7. The lowest BCUT2D eigenvalue weighted by Crippen LogP contribution is -2.26. The first-order valence-corrected chi connectivity index (χ1v) is 7.95. The topological polar surface area (TPSA) is 58.2 Å². The van der Waals surface area contributed by atoms with Crippen LogP contribution < -0.4 is 0 Å². The number of carbonyl (C=O) groups is 1. The number of hydrogen-bond donors (Lipinski definition) is 1. The van der Waals surface area contributed by atoms with Gasteiger partial charge in [0.15, 0.2) is 0 Å². The van der Waals surface area contributed by atoms with E-state index in [1.807, 2.05) is 6.07 Å². The highest BCUT2D eigenvalue weighted by atomic mass is 16.5. The van der Waals surface area contributed by atoms with Gasteiger partial charge in [-0.3, -0.25) is 4.79 Å². The molecule has 0 radical (unpaired) electrons. The minimum Gasteiger partial charge on any atom is -0.458 e. The van der Waals surface area contributed by atoms with Gasteiger partial charge in [-0.15, -0.1) is 0 Å². The molecule has 0 saturated heterocycles. The van der Waals surface area contributed by atoms with E-state index in [-0.39, 0.29) is 12.6 Å². The molecule has 5 nitrogen and oxygen atoms in total. The second-order valence-corrected chi connectivity index (χ2v) is 5.50. The molecule has 0 aliphatic carbocycles. The Morgan fingerprint density at radius 2 is 2.14 bits per heavy atom. The maximum absolute atomic E-state index is 10.8. The Morgan fingerprint density at radius 1 is 1.32 bits per heavy atom. The summed E-state index contributed by atoms with van der Waals surface area (Å²) in [6.07, 6.45) is 2.22. The molecule has 0 atom stereocenters. The van der Waals surface area contributed by atoms with Crippen molar-refractivity contribution in [3.63, 3.8) is 0 Å². The summed E-state index contributed by atoms with van der Waals surface area (Å²) < 4.78 is 4.97. The predicted molar refractivity (Wildman–Crippen MR) is 87.7 cm³/mol. The van der Waals surface area contributed by atoms with Crippen LogP contribution in [0.15, 0.2) is 18.2 Å². The summed E-state index contributed by atoms with van der Waals surface area (Å²) in [7, 11) is 0. The van der Waals surface area contributed by atoms with Crippen molar-refractivity contribution < 1.29 is 9.53 Å². The summed E-state index contributed by atoms with van der Waals surface area (Å²) >= 11 is 0. The maximum Gasteiger partial charge on any atom is 0.303 e. The van der Waals surface area contributed by atoms with Gasteiger partial charge in [-0.25, -0.2) is 4.98 Å². The van der Waals surface area contributed by atoms with Crippen LogP contribution >= 0.6 is 0 Å². The number of benzene rings is 1. The van der Waals surface area contributed by atoms with E-state index >= 15 is 0 Å². The lowest BCUT2D eigenvalue weighted by atomic mass is 10.1. The third kappa shape index (κ3) is 4.56. The highest BCUT2D eigenvalue weighted by molar-refractivity contribution is 5.76. The van der Waals surface area contributed by atoms with Crippen LogP contribution in [0.2, 0.25) is 0 Å². The Morgan fingerprint density at radius 3 is 2.82 bits per heavy atom. The predicted octanol–water partition coefficient (Wildman–Crippen LogP) is 2.90. The molecule has 2 rings (SSSR count). The van der Waals surface area contributed by atoms with Gasteiger partial charge in [0.1, 0.15) is 12.4 Å². The van der Waals surface area contributed by atoms with Crippen LogP contribution in [-0.4, -0.2) is 40.5 Å². The smallest absolute Gasteiger partial charge is 0.303 e. The number of imidazole rings is 1. The number of H-pyrrole nitrogens is 1. The zero-order valence-electron chi connectivity index (χ0n) is 13.7. The van der Waals surface area contributed by atoms with Crippen LogP contribution in [0.5, 0.6) is 0 Å². The molecule has 2 aromatic rings. The van der Waals surface area contributed by atoms with Gasteiger partial charge in [-0.1, -0.05) is 19.9 Å². The van der Waals surface area contributed by atoms with E-state index in [2.05, 4.69) is 40.8 Å². The molecule has 5 heteroatoms. The number of ether oxygens (including phenoxy) is 1. The molecule has 120 valence electrons. The van der Waals surface area contributed by atoms with E-state index in [0.29, 0.717) is 5.82 Å². The molecular weight excluding hydrogens is 278 g/mol. The van der Waals surface area contributed by atoms with Crippen molar-refractivity contribution in [2.75, 3.05) is 19.6 Å². The zero-order chi connectivity index (χ0) is 15.9. The third-order valence-electron chi connectivity index (χ3n) is 3.71. The summed E-state index contributed by atoms with van der Waals surface area (Å²) in [5.41, 5.74) is 3.20. The molecule has 1 N–H and O–H groups in total. The molecule has 0 aliphatic heterocycles. The Hall–Kier alpha value is -1.88. The van der Waals surface area contributed by atoms with E-state index in [0.717, 1.165) is 37.1 Å². The SMILES string of the molecule is CCCN(CC)CCc1ccc2nc(COC(C)=O)[nH]c2c1. The molecule has 1 aromatic carbocycles. The van der Waals surface area contributed by atoms with Crippen LogP contribution in [0.3, 0.4) is 0 Å². The summed E-state index contributed by atoms with van der Waals surface area (Å²) in [4.78, 5) is 20.9. The molecule has 0 fully saturated rings. The molecule has 0 aliphatic rings. The summed E-state index contributed by atoms with van der Waals surface area (Å²) in [6.45, 7) is 9.32. The first-order chi connectivity index (χ1) is 10.6. The number of likely N-dealkylation sites (N-methyl/N-ethyl adjacent to an activating group) is 1. The van der Waals surface area contributed by atoms with Crippen molar-refractivity contribution in [3.05, 3.63) is 29.6 Å². The number of rotatable bonds is 8. The van der Waals surface area contributed by atoms with Crippen molar-refractivity contribution in [1.82, 2.24) is 14.9 Å². The number of esters is 1. The van der Waals surface area contributed by atoms with E-state index in [4.69, 9.17) is 4.74 Å². The third-order valence-corrected chi connectivity index (χ3v) is 3.71. The first-order valence-electron chi connectivity index (χ1n) is 7.95. The quantitative estimate of drug-likeness (QED) is 0.762. The van der Waals surface area contributed by atoms with Gasteiger partial charge in [-0.05, 0) is 43.6 Å². The van der Waals surface area contributed by atoms with Crippen LogP contribution in [0.1, 0.15) is 38.6 Å². The minimum atomic E-state index is -0.295.